The number of hydrogen-bond donors (Lipinski definition) is 2. The number of nitrogens with one attached hydrogen (secondary N) is 2. The molecule has 1 aliphatic heterocycles. The molecule has 2 fully saturated rings. The first kappa shape index (κ1) is 20.5. The van der Waals surface area contributed by atoms with Gasteiger partial charge in [-0.3, -0.25) is 19.5 Å². The van der Waals surface area contributed by atoms with Crippen molar-refractivity contribution in [2.24, 2.45) is 28.7 Å². The summed E-state index contributed by atoms with van der Waals surface area (Å²) in [5, 5.41) is 6.22. The van der Waals surface area contributed by atoms with Crippen molar-refractivity contribution in [1.29, 1.82) is 0 Å². The molecule has 1 heterocycles. The van der Waals surface area contributed by atoms with Crippen LogP contribution in [-0.2, 0) is 16.0 Å². The Hall–Kier alpha value is -2.77. The van der Waals surface area contributed by atoms with Crippen LogP contribution in [0.15, 0.2) is 35.3 Å². The molecule has 2 N–H and O–H groups in total. The van der Waals surface area contributed by atoms with Crippen LogP contribution in [0.25, 0.3) is 0 Å². The summed E-state index contributed by atoms with van der Waals surface area (Å²) in [4.78, 5) is 31.2. The molecule has 6 nitrogen and oxygen atoms in total. The third kappa shape index (κ3) is 3.82. The fourth-order valence-electron chi connectivity index (χ4n) is 4.82. The number of nitrogens with zero attached hydrogens (tertiary/aromatic N) is 2. The Morgan fingerprint density at radius 1 is 1.13 bits per heavy atom. The van der Waals surface area contributed by atoms with Gasteiger partial charge in [0.1, 0.15) is 11.6 Å². The summed E-state index contributed by atoms with van der Waals surface area (Å²) >= 11 is 0. The smallest absolute Gasteiger partial charge is 0.233 e. The minimum atomic E-state index is -0.603. The highest BCUT2D eigenvalue weighted by molar-refractivity contribution is 6.06. The fraction of sp³-hybridized carbons (Fsp3) is 0.500. The zero-order chi connectivity index (χ0) is 21.3. The lowest BCUT2D eigenvalue weighted by molar-refractivity contribution is -0.140. The lowest BCUT2D eigenvalue weighted by Gasteiger charge is -2.18. The molecule has 4 atom stereocenters. The van der Waals surface area contributed by atoms with Crippen molar-refractivity contribution in [3.05, 3.63) is 47.5 Å². The van der Waals surface area contributed by atoms with Crippen LogP contribution in [0.2, 0.25) is 0 Å². The van der Waals surface area contributed by atoms with Gasteiger partial charge in [-0.25, -0.2) is 8.78 Å². The number of hydrogen-bond acceptors (Lipinski definition) is 3. The number of benzene rings is 1. The Morgan fingerprint density at radius 3 is 2.47 bits per heavy atom. The average Bonchev–Trinajstić information content (AvgIpc) is 3.39. The van der Waals surface area contributed by atoms with Crippen LogP contribution in [0.1, 0.15) is 18.9 Å². The van der Waals surface area contributed by atoms with Gasteiger partial charge >= 0.3 is 0 Å². The molecule has 3 aliphatic rings. The Morgan fingerprint density at radius 2 is 1.83 bits per heavy atom. The number of aliphatic imine (C=N–C) groups is 1. The minimum Gasteiger partial charge on any atom is -0.357 e. The van der Waals surface area contributed by atoms with Crippen molar-refractivity contribution in [2.45, 2.75) is 19.8 Å². The van der Waals surface area contributed by atoms with E-state index in [1.54, 1.807) is 0 Å². The molecule has 4 unspecified atom stereocenters. The van der Waals surface area contributed by atoms with Crippen LogP contribution in [0.5, 0.6) is 0 Å². The molecular formula is C22H26F2N4O2. The number of guanidine groups is 1. The van der Waals surface area contributed by atoms with Gasteiger partial charge in [0, 0.05) is 32.2 Å². The third-order valence-electron chi connectivity index (χ3n) is 6.20. The second-order valence-corrected chi connectivity index (χ2v) is 8.00. The summed E-state index contributed by atoms with van der Waals surface area (Å²) in [5.41, 5.74) is 0.402. The molecule has 0 aromatic heterocycles. The molecule has 1 aromatic rings. The van der Waals surface area contributed by atoms with E-state index in [9.17, 15) is 18.4 Å². The van der Waals surface area contributed by atoms with Gasteiger partial charge in [0.05, 0.1) is 11.8 Å². The Labute approximate surface area is 174 Å². The van der Waals surface area contributed by atoms with Crippen LogP contribution >= 0.6 is 0 Å². The second kappa shape index (κ2) is 8.53. The van der Waals surface area contributed by atoms with Gasteiger partial charge in [0.25, 0.3) is 0 Å². The summed E-state index contributed by atoms with van der Waals surface area (Å²) in [7, 11) is 0. The number of likely N-dealkylation sites (tertiary alicyclic amines) is 1. The highest BCUT2D eigenvalue weighted by Gasteiger charge is 2.58. The molecule has 30 heavy (non-hydrogen) atoms. The molecule has 0 spiro atoms. The van der Waals surface area contributed by atoms with E-state index in [0.29, 0.717) is 44.1 Å². The van der Waals surface area contributed by atoms with Crippen molar-refractivity contribution in [1.82, 2.24) is 15.5 Å². The lowest BCUT2D eigenvalue weighted by atomic mass is 9.85. The highest BCUT2D eigenvalue weighted by atomic mass is 19.1. The van der Waals surface area contributed by atoms with Gasteiger partial charge in [-0.05, 0) is 43.2 Å². The Balaban J connectivity index is 1.29. The molecule has 0 radical (unpaired) electrons. The molecule has 1 saturated heterocycles. The van der Waals surface area contributed by atoms with Crippen LogP contribution in [-0.4, -0.2) is 48.9 Å². The predicted octanol–water partition coefficient (Wildman–Crippen LogP) is 1.87. The number of carbonyl (C=O) groups is 2. The zero-order valence-electron chi connectivity index (χ0n) is 16.9. The quantitative estimate of drug-likeness (QED) is 0.308. The van der Waals surface area contributed by atoms with E-state index in [2.05, 4.69) is 27.8 Å². The monoisotopic (exact) mass is 416 g/mol. The van der Waals surface area contributed by atoms with Crippen molar-refractivity contribution >= 4 is 17.8 Å². The summed E-state index contributed by atoms with van der Waals surface area (Å²) in [6, 6.07) is 3.51. The van der Waals surface area contributed by atoms with Gasteiger partial charge in [-0.2, -0.15) is 0 Å². The molecule has 2 aliphatic carbocycles. The van der Waals surface area contributed by atoms with E-state index in [4.69, 9.17) is 0 Å². The summed E-state index contributed by atoms with van der Waals surface area (Å²) < 4.78 is 26.7. The van der Waals surface area contributed by atoms with Gasteiger partial charge < -0.3 is 10.6 Å². The van der Waals surface area contributed by atoms with Crippen molar-refractivity contribution in [3.63, 3.8) is 0 Å². The second-order valence-electron chi connectivity index (χ2n) is 8.00. The van der Waals surface area contributed by atoms with E-state index in [-0.39, 0.29) is 35.5 Å². The largest absolute Gasteiger partial charge is 0.357 e. The van der Waals surface area contributed by atoms with Crippen molar-refractivity contribution in [3.8, 4) is 0 Å². The van der Waals surface area contributed by atoms with Crippen molar-refractivity contribution < 1.29 is 18.4 Å². The topological polar surface area (TPSA) is 73.8 Å². The predicted molar refractivity (Wildman–Crippen MR) is 108 cm³/mol. The Bertz CT molecular complexity index is 871. The molecule has 1 aromatic carbocycles. The molecule has 8 heteroatoms. The van der Waals surface area contributed by atoms with E-state index < -0.39 is 11.6 Å². The fourth-order valence-corrected chi connectivity index (χ4v) is 4.82. The first-order valence-corrected chi connectivity index (χ1v) is 10.5. The molecular weight excluding hydrogens is 390 g/mol. The number of halogens is 2. The first-order chi connectivity index (χ1) is 14.5. The Kier molecular flexibility index (Phi) is 5.83. The van der Waals surface area contributed by atoms with Gasteiger partial charge in [0.15, 0.2) is 5.96 Å². The van der Waals surface area contributed by atoms with E-state index in [0.717, 1.165) is 12.5 Å². The normalized spacial score (nSPS) is 27.2. The van der Waals surface area contributed by atoms with Gasteiger partial charge in [-0.15, -0.1) is 0 Å². The SMILES string of the molecule is CCNC(=NCCc1ccc(F)cc1F)NCCN1C(=O)C2C3C=CC(C3)C2C1=O. The summed E-state index contributed by atoms with van der Waals surface area (Å²) in [6.07, 6.45) is 5.42. The highest BCUT2D eigenvalue weighted by Crippen LogP contribution is 2.52. The van der Waals surface area contributed by atoms with Crippen LogP contribution in [0.3, 0.4) is 0 Å². The molecule has 2 bridgehead atoms. The number of imide groups is 1. The summed E-state index contributed by atoms with van der Waals surface area (Å²) in [5.74, 6) is -0.715. The van der Waals surface area contributed by atoms with E-state index in [1.807, 2.05) is 6.92 Å². The van der Waals surface area contributed by atoms with Gasteiger partial charge in [0.2, 0.25) is 11.8 Å². The maximum Gasteiger partial charge on any atom is 0.233 e. The molecule has 160 valence electrons. The van der Waals surface area contributed by atoms with E-state index >= 15 is 0 Å². The van der Waals surface area contributed by atoms with Crippen LogP contribution < -0.4 is 10.6 Å². The van der Waals surface area contributed by atoms with E-state index in [1.165, 1.54) is 17.0 Å². The number of carbonyl (C=O) groups excluding carboxylic acids is 2. The minimum absolute atomic E-state index is 0.0580. The molecule has 1 saturated carbocycles. The standard InChI is InChI=1S/C22H26F2N4O2/c1-2-25-22(26-8-7-13-5-6-16(23)12-17(13)24)27-9-10-28-20(29)18-14-3-4-15(11-14)19(18)21(28)30/h3-6,12,14-15,18-19H,2,7-11H2,1H3,(H2,25,26,27). The molecule has 4 rings (SSSR count). The van der Waals surface area contributed by atoms with Crippen LogP contribution in [0, 0.1) is 35.3 Å². The number of fused-ring (bicyclic) bond motifs is 5. The maximum atomic E-state index is 13.7. The maximum absolute atomic E-state index is 13.7. The zero-order valence-corrected chi connectivity index (χ0v) is 16.9. The number of rotatable bonds is 7. The third-order valence-corrected chi connectivity index (χ3v) is 6.20. The number of allylic oxidation sites excluding steroid dienone is 2. The summed E-state index contributed by atoms with van der Waals surface area (Å²) in [6.45, 7) is 3.56. The lowest BCUT2D eigenvalue weighted by Crippen LogP contribution is -2.43. The first-order valence-electron chi connectivity index (χ1n) is 10.5. The van der Waals surface area contributed by atoms with Gasteiger partial charge in [-0.1, -0.05) is 18.2 Å². The average molecular weight is 416 g/mol. The molecule has 2 amide bonds. The number of amides is 2. The van der Waals surface area contributed by atoms with Crippen LogP contribution in [0.4, 0.5) is 8.78 Å². The van der Waals surface area contributed by atoms with Crippen molar-refractivity contribution in [2.75, 3.05) is 26.2 Å².